The van der Waals surface area contributed by atoms with Crippen LogP contribution in [0, 0.1) is 13.8 Å². The first kappa shape index (κ1) is 20.4. The lowest BCUT2D eigenvalue weighted by molar-refractivity contribution is 0.0746. The average molecular weight is 493 g/mol. The largest absolute Gasteiger partial charge is 0.353 e. The van der Waals surface area contributed by atoms with Crippen LogP contribution in [0.15, 0.2) is 36.5 Å². The van der Waals surface area contributed by atoms with Gasteiger partial charge in [-0.05, 0) is 49.2 Å². The molecule has 3 amide bonds. The molecule has 1 aromatic carbocycles. The van der Waals surface area contributed by atoms with Crippen LogP contribution in [-0.2, 0) is 0 Å². The molecule has 7 nitrogen and oxygen atoms in total. The van der Waals surface area contributed by atoms with Gasteiger partial charge < -0.3 is 15.1 Å². The summed E-state index contributed by atoms with van der Waals surface area (Å²) >= 11 is 1.90. The number of carbonyl (C=O) groups excluding carboxylic acids is 2. The fourth-order valence-electron chi connectivity index (χ4n) is 3.24. The molecular formula is C20H24IN5O2. The van der Waals surface area contributed by atoms with Crippen LogP contribution < -0.4 is 10.2 Å². The normalized spacial score (nSPS) is 14.0. The van der Waals surface area contributed by atoms with Gasteiger partial charge in [0, 0.05) is 50.7 Å². The number of benzene rings is 1. The van der Waals surface area contributed by atoms with Crippen LogP contribution in [0.5, 0.6) is 0 Å². The maximum atomic E-state index is 12.8. The van der Waals surface area contributed by atoms with E-state index in [-0.39, 0.29) is 11.9 Å². The molecule has 0 aliphatic carbocycles. The zero-order valence-electron chi connectivity index (χ0n) is 16.3. The van der Waals surface area contributed by atoms with Crippen LogP contribution >= 0.6 is 22.9 Å². The first-order chi connectivity index (χ1) is 13.3. The van der Waals surface area contributed by atoms with Gasteiger partial charge >= 0.3 is 6.03 Å². The first-order valence-corrected chi connectivity index (χ1v) is 10.1. The Morgan fingerprint density at radius 1 is 1.11 bits per heavy atom. The molecule has 0 saturated carbocycles. The number of rotatable bonds is 3. The summed E-state index contributed by atoms with van der Waals surface area (Å²) in [7, 11) is 1.67. The lowest BCUT2D eigenvalue weighted by Crippen LogP contribution is -2.49. The third-order valence-electron chi connectivity index (χ3n) is 4.72. The van der Waals surface area contributed by atoms with Gasteiger partial charge in [0.1, 0.15) is 5.82 Å². The van der Waals surface area contributed by atoms with Crippen LogP contribution in [-0.4, -0.2) is 58.2 Å². The Balaban J connectivity index is 1.59. The second-order valence-electron chi connectivity index (χ2n) is 6.92. The van der Waals surface area contributed by atoms with Gasteiger partial charge in [-0.15, -0.1) is 0 Å². The van der Waals surface area contributed by atoms with E-state index in [0.29, 0.717) is 24.3 Å². The Morgan fingerprint density at radius 3 is 2.32 bits per heavy atom. The second-order valence-corrected chi connectivity index (χ2v) is 8.36. The molecule has 2 aromatic rings. The van der Waals surface area contributed by atoms with Crippen molar-refractivity contribution in [2.75, 3.05) is 43.4 Å². The topological polar surface area (TPSA) is 68.8 Å². The molecule has 0 spiro atoms. The molecule has 3 rings (SSSR count). The van der Waals surface area contributed by atoms with Crippen molar-refractivity contribution in [1.82, 2.24) is 13.0 Å². The van der Waals surface area contributed by atoms with Crippen molar-refractivity contribution in [3.8, 4) is 0 Å². The van der Waals surface area contributed by atoms with Crippen molar-refractivity contribution in [2.24, 2.45) is 0 Å². The molecule has 148 valence electrons. The van der Waals surface area contributed by atoms with E-state index in [4.69, 9.17) is 0 Å². The number of pyridine rings is 1. The molecular weight excluding hydrogens is 469 g/mol. The summed E-state index contributed by atoms with van der Waals surface area (Å²) in [6, 6.07) is 8.93. The summed E-state index contributed by atoms with van der Waals surface area (Å²) in [5.41, 5.74) is 3.60. The standard InChI is InChI=1S/C20H24IN5O2/c1-14-12-15(2)18(22-13-14)25-8-10-26(11-9-25)19(27)16-4-6-17(7-5-16)23-20(28)24(3)21/h4-7,12-13H,8-11H2,1-3H3,(H,23,28). The molecule has 1 aliphatic heterocycles. The molecule has 1 aromatic heterocycles. The summed E-state index contributed by atoms with van der Waals surface area (Å²) in [4.78, 5) is 33.1. The van der Waals surface area contributed by atoms with Crippen LogP contribution in [0.2, 0.25) is 0 Å². The van der Waals surface area contributed by atoms with Gasteiger partial charge in [-0.3, -0.25) is 7.91 Å². The van der Waals surface area contributed by atoms with Gasteiger partial charge in [0.15, 0.2) is 0 Å². The van der Waals surface area contributed by atoms with Gasteiger partial charge in [0.25, 0.3) is 5.91 Å². The zero-order chi connectivity index (χ0) is 20.3. The van der Waals surface area contributed by atoms with Crippen LogP contribution in [0.4, 0.5) is 16.3 Å². The van der Waals surface area contributed by atoms with Gasteiger partial charge in [0.2, 0.25) is 0 Å². The number of piperazine rings is 1. The Kier molecular flexibility index (Phi) is 6.38. The van der Waals surface area contributed by atoms with E-state index in [2.05, 4.69) is 28.2 Å². The minimum atomic E-state index is -0.212. The zero-order valence-corrected chi connectivity index (χ0v) is 18.4. The van der Waals surface area contributed by atoms with E-state index in [1.807, 2.05) is 40.9 Å². The fraction of sp³-hybridized carbons (Fsp3) is 0.350. The maximum absolute atomic E-state index is 12.8. The molecule has 1 fully saturated rings. The van der Waals surface area contributed by atoms with Crippen molar-refractivity contribution in [3.63, 3.8) is 0 Å². The number of carbonyl (C=O) groups is 2. The van der Waals surface area contributed by atoms with Crippen LogP contribution in [0.3, 0.4) is 0 Å². The van der Waals surface area contributed by atoms with Crippen molar-refractivity contribution in [2.45, 2.75) is 13.8 Å². The average Bonchev–Trinajstić information content (AvgIpc) is 2.68. The number of aryl methyl sites for hydroxylation is 2. The minimum Gasteiger partial charge on any atom is -0.353 e. The smallest absolute Gasteiger partial charge is 0.330 e. The van der Waals surface area contributed by atoms with Crippen molar-refractivity contribution in [1.29, 1.82) is 0 Å². The molecule has 0 bridgehead atoms. The number of hydrogen-bond acceptors (Lipinski definition) is 4. The van der Waals surface area contributed by atoms with E-state index < -0.39 is 0 Å². The molecule has 1 aliphatic rings. The van der Waals surface area contributed by atoms with E-state index in [9.17, 15) is 9.59 Å². The number of anilines is 2. The number of nitrogens with one attached hydrogen (secondary N) is 1. The summed E-state index contributed by atoms with van der Waals surface area (Å²) in [6.45, 7) is 6.95. The number of amides is 3. The van der Waals surface area contributed by atoms with Gasteiger partial charge in [-0.2, -0.15) is 0 Å². The monoisotopic (exact) mass is 493 g/mol. The summed E-state index contributed by atoms with van der Waals surface area (Å²) in [5.74, 6) is 1.01. The highest BCUT2D eigenvalue weighted by Gasteiger charge is 2.23. The van der Waals surface area contributed by atoms with Gasteiger partial charge in [-0.25, -0.2) is 9.78 Å². The van der Waals surface area contributed by atoms with E-state index in [0.717, 1.165) is 30.0 Å². The molecule has 1 saturated heterocycles. The molecule has 8 heteroatoms. The third-order valence-corrected chi connectivity index (χ3v) is 5.15. The number of halogens is 1. The molecule has 0 radical (unpaired) electrons. The van der Waals surface area contributed by atoms with Crippen molar-refractivity contribution >= 4 is 46.3 Å². The Morgan fingerprint density at radius 2 is 1.75 bits per heavy atom. The van der Waals surface area contributed by atoms with Gasteiger partial charge in [-0.1, -0.05) is 6.07 Å². The summed E-state index contributed by atoms with van der Waals surface area (Å²) in [6.07, 6.45) is 1.88. The molecule has 0 unspecified atom stereocenters. The highest BCUT2D eigenvalue weighted by Crippen LogP contribution is 2.20. The number of nitrogens with zero attached hydrogens (tertiary/aromatic N) is 4. The van der Waals surface area contributed by atoms with E-state index >= 15 is 0 Å². The quantitative estimate of drug-likeness (QED) is 0.526. The lowest BCUT2D eigenvalue weighted by atomic mass is 10.1. The lowest BCUT2D eigenvalue weighted by Gasteiger charge is -2.36. The predicted octanol–water partition coefficient (Wildman–Crippen LogP) is 3.47. The van der Waals surface area contributed by atoms with Crippen molar-refractivity contribution < 1.29 is 9.59 Å². The van der Waals surface area contributed by atoms with Crippen molar-refractivity contribution in [3.05, 3.63) is 53.2 Å². The number of hydrogen-bond donors (Lipinski definition) is 1. The second kappa shape index (κ2) is 8.76. The van der Waals surface area contributed by atoms with E-state index in [1.165, 1.54) is 3.11 Å². The van der Waals surface area contributed by atoms with E-state index in [1.54, 1.807) is 31.3 Å². The third kappa shape index (κ3) is 4.73. The van der Waals surface area contributed by atoms with Crippen LogP contribution in [0.1, 0.15) is 21.5 Å². The van der Waals surface area contributed by atoms with Crippen LogP contribution in [0.25, 0.3) is 0 Å². The van der Waals surface area contributed by atoms with Gasteiger partial charge in [0.05, 0.1) is 22.9 Å². The predicted molar refractivity (Wildman–Crippen MR) is 119 cm³/mol. The maximum Gasteiger partial charge on any atom is 0.330 e. The Bertz CT molecular complexity index is 861. The molecule has 0 atom stereocenters. The summed E-state index contributed by atoms with van der Waals surface area (Å²) < 4.78 is 1.43. The SMILES string of the molecule is Cc1cnc(N2CCN(C(=O)c3ccc(NC(=O)N(C)I)cc3)CC2)c(C)c1. The molecule has 1 N–H and O–H groups in total. The Hall–Kier alpha value is -2.36. The molecule has 28 heavy (non-hydrogen) atoms. The summed E-state index contributed by atoms with van der Waals surface area (Å²) in [5, 5.41) is 2.76. The molecule has 2 heterocycles. The first-order valence-electron chi connectivity index (χ1n) is 9.13. The minimum absolute atomic E-state index is 0.0112. The fourth-order valence-corrected chi connectivity index (χ4v) is 3.36. The Labute approximate surface area is 179 Å². The highest BCUT2D eigenvalue weighted by molar-refractivity contribution is 14.1. The number of urea groups is 1. The highest BCUT2D eigenvalue weighted by atomic mass is 127. The number of aromatic nitrogens is 1.